The molecule has 114 valence electrons. The predicted octanol–water partition coefficient (Wildman–Crippen LogP) is 1.31. The first kappa shape index (κ1) is 15.7. The van der Waals surface area contributed by atoms with Crippen LogP contribution in [0.1, 0.15) is 34.3 Å². The highest BCUT2D eigenvalue weighted by atomic mass is 16.5. The number of benzene rings is 1. The van der Waals surface area contributed by atoms with Crippen LogP contribution in [0.5, 0.6) is 0 Å². The Balaban J connectivity index is 2.05. The van der Waals surface area contributed by atoms with Gasteiger partial charge in [0.1, 0.15) is 6.23 Å². The first-order valence-corrected chi connectivity index (χ1v) is 7.22. The third kappa shape index (κ3) is 4.12. The van der Waals surface area contributed by atoms with E-state index < -0.39 is 11.8 Å². The number of carbonyl (C=O) groups excluding carboxylic acids is 2. The maximum absolute atomic E-state index is 12.4. The van der Waals surface area contributed by atoms with Crippen molar-refractivity contribution in [3.8, 4) is 0 Å². The van der Waals surface area contributed by atoms with E-state index in [2.05, 4.69) is 5.32 Å². The molecule has 0 saturated carbocycles. The molecule has 1 heterocycles. The summed E-state index contributed by atoms with van der Waals surface area (Å²) in [6, 6.07) is 5.69. The minimum Gasteiger partial charge on any atom is -0.369 e. The van der Waals surface area contributed by atoms with Crippen molar-refractivity contribution in [2.45, 2.75) is 32.9 Å². The van der Waals surface area contributed by atoms with Gasteiger partial charge in [-0.1, -0.05) is 23.8 Å². The van der Waals surface area contributed by atoms with Crippen LogP contribution in [0.3, 0.4) is 0 Å². The van der Waals surface area contributed by atoms with E-state index in [9.17, 15) is 9.59 Å². The van der Waals surface area contributed by atoms with Crippen molar-refractivity contribution in [3.63, 3.8) is 0 Å². The molecule has 1 fully saturated rings. The molecule has 5 nitrogen and oxygen atoms in total. The maximum atomic E-state index is 12.4. The Kier molecular flexibility index (Phi) is 5.09. The molecule has 3 N–H and O–H groups in total. The lowest BCUT2D eigenvalue weighted by molar-refractivity contribution is -0.122. The molecule has 2 rings (SSSR count). The summed E-state index contributed by atoms with van der Waals surface area (Å²) in [6.07, 6.45) is 0.377. The Morgan fingerprint density at radius 1 is 1.43 bits per heavy atom. The normalized spacial score (nSPS) is 19.4. The number of amides is 1. The zero-order chi connectivity index (χ0) is 15.4. The van der Waals surface area contributed by atoms with Crippen molar-refractivity contribution in [3.05, 3.63) is 34.9 Å². The molecule has 1 aromatic rings. The number of primary amides is 1. The summed E-state index contributed by atoms with van der Waals surface area (Å²) in [5.74, 6) is -1.01. The highest BCUT2D eigenvalue weighted by Gasteiger charge is 2.26. The molecule has 0 bridgehead atoms. The summed E-state index contributed by atoms with van der Waals surface area (Å²) in [5.41, 5.74) is 8.13. The summed E-state index contributed by atoms with van der Waals surface area (Å²) in [4.78, 5) is 24.0. The van der Waals surface area contributed by atoms with E-state index in [1.165, 1.54) is 0 Å². The van der Waals surface area contributed by atoms with E-state index in [0.717, 1.165) is 17.7 Å². The van der Waals surface area contributed by atoms with Crippen LogP contribution in [-0.4, -0.2) is 31.1 Å². The monoisotopic (exact) mass is 290 g/mol. The van der Waals surface area contributed by atoms with Crippen LogP contribution in [0.25, 0.3) is 0 Å². The second-order valence-electron chi connectivity index (χ2n) is 5.59. The van der Waals surface area contributed by atoms with Gasteiger partial charge < -0.3 is 10.5 Å². The van der Waals surface area contributed by atoms with Gasteiger partial charge in [0.05, 0.1) is 6.61 Å². The third-order valence-electron chi connectivity index (χ3n) is 3.81. The number of aryl methyl sites for hydroxylation is 2. The zero-order valence-corrected chi connectivity index (χ0v) is 12.5. The molecule has 2 unspecified atom stereocenters. The lowest BCUT2D eigenvalue weighted by Gasteiger charge is -2.17. The molecule has 0 aliphatic carbocycles. The number of ether oxygens (including phenoxy) is 1. The smallest absolute Gasteiger partial charge is 0.221 e. The summed E-state index contributed by atoms with van der Waals surface area (Å²) in [6.45, 7) is 5.28. The largest absolute Gasteiger partial charge is 0.369 e. The Hall–Kier alpha value is -1.72. The van der Waals surface area contributed by atoms with E-state index in [-0.39, 0.29) is 18.4 Å². The Morgan fingerprint density at radius 3 is 2.76 bits per heavy atom. The van der Waals surface area contributed by atoms with Gasteiger partial charge in [0.25, 0.3) is 0 Å². The van der Waals surface area contributed by atoms with Crippen molar-refractivity contribution >= 4 is 11.7 Å². The van der Waals surface area contributed by atoms with Gasteiger partial charge in [-0.05, 0) is 25.8 Å². The SMILES string of the molecule is Cc1ccc(C(=O)CC(CC2NCCO2)C(N)=O)c(C)c1. The molecule has 1 amide bonds. The quantitative estimate of drug-likeness (QED) is 0.774. The fourth-order valence-corrected chi connectivity index (χ4v) is 2.65. The maximum Gasteiger partial charge on any atom is 0.221 e. The highest BCUT2D eigenvalue weighted by Crippen LogP contribution is 2.19. The van der Waals surface area contributed by atoms with E-state index in [4.69, 9.17) is 10.5 Å². The van der Waals surface area contributed by atoms with Crippen LogP contribution in [0.15, 0.2) is 18.2 Å². The molecule has 21 heavy (non-hydrogen) atoms. The topological polar surface area (TPSA) is 81.4 Å². The van der Waals surface area contributed by atoms with Crippen molar-refractivity contribution in [1.82, 2.24) is 5.32 Å². The average Bonchev–Trinajstić information content (AvgIpc) is 2.90. The fraction of sp³-hybridized carbons (Fsp3) is 0.500. The number of hydrogen-bond donors (Lipinski definition) is 2. The molecule has 5 heteroatoms. The number of ketones is 1. The molecule has 1 aliphatic rings. The number of rotatable bonds is 6. The molecule has 0 spiro atoms. The van der Waals surface area contributed by atoms with Gasteiger partial charge in [0.2, 0.25) is 5.91 Å². The van der Waals surface area contributed by atoms with Crippen molar-refractivity contribution in [2.75, 3.05) is 13.2 Å². The first-order valence-electron chi connectivity index (χ1n) is 7.22. The Bertz CT molecular complexity index is 536. The Morgan fingerprint density at radius 2 is 2.19 bits per heavy atom. The van der Waals surface area contributed by atoms with Gasteiger partial charge in [-0.15, -0.1) is 0 Å². The highest BCUT2D eigenvalue weighted by molar-refractivity contribution is 5.99. The number of nitrogens with one attached hydrogen (secondary N) is 1. The number of hydrogen-bond acceptors (Lipinski definition) is 4. The predicted molar refractivity (Wildman–Crippen MR) is 79.9 cm³/mol. The minimum atomic E-state index is -0.506. The fourth-order valence-electron chi connectivity index (χ4n) is 2.65. The third-order valence-corrected chi connectivity index (χ3v) is 3.81. The summed E-state index contributed by atoms with van der Waals surface area (Å²) < 4.78 is 5.43. The van der Waals surface area contributed by atoms with Crippen LogP contribution < -0.4 is 11.1 Å². The Labute approximate surface area is 124 Å². The van der Waals surface area contributed by atoms with Gasteiger partial charge in [0, 0.05) is 24.4 Å². The zero-order valence-electron chi connectivity index (χ0n) is 12.5. The second kappa shape index (κ2) is 6.83. The van der Waals surface area contributed by atoms with E-state index >= 15 is 0 Å². The molecular formula is C16H22N2O3. The standard InChI is InChI=1S/C16H22N2O3/c1-10-3-4-13(11(2)7-10)14(19)8-12(16(17)20)9-15-18-5-6-21-15/h3-4,7,12,15,18H,5-6,8-9H2,1-2H3,(H2,17,20). The van der Waals surface area contributed by atoms with Gasteiger partial charge in [-0.25, -0.2) is 0 Å². The average molecular weight is 290 g/mol. The van der Waals surface area contributed by atoms with Crippen LogP contribution in [-0.2, 0) is 9.53 Å². The lowest BCUT2D eigenvalue weighted by Crippen LogP contribution is -2.33. The molecule has 1 aromatic carbocycles. The van der Waals surface area contributed by atoms with Gasteiger partial charge in [-0.3, -0.25) is 14.9 Å². The van der Waals surface area contributed by atoms with Gasteiger partial charge in [0.15, 0.2) is 5.78 Å². The lowest BCUT2D eigenvalue weighted by atomic mass is 9.92. The first-order chi connectivity index (χ1) is 9.97. The van der Waals surface area contributed by atoms with Crippen LogP contribution >= 0.6 is 0 Å². The van der Waals surface area contributed by atoms with Crippen LogP contribution in [0.4, 0.5) is 0 Å². The molecule has 2 atom stereocenters. The molecule has 1 saturated heterocycles. The molecule has 0 radical (unpaired) electrons. The second-order valence-corrected chi connectivity index (χ2v) is 5.59. The van der Waals surface area contributed by atoms with Crippen molar-refractivity contribution in [1.29, 1.82) is 0 Å². The van der Waals surface area contributed by atoms with Crippen LogP contribution in [0, 0.1) is 19.8 Å². The molecule has 1 aliphatic heterocycles. The minimum absolute atomic E-state index is 0.0469. The number of carbonyl (C=O) groups is 2. The van der Waals surface area contributed by atoms with Crippen LogP contribution in [0.2, 0.25) is 0 Å². The van der Waals surface area contributed by atoms with Crippen molar-refractivity contribution < 1.29 is 14.3 Å². The van der Waals surface area contributed by atoms with Gasteiger partial charge >= 0.3 is 0 Å². The van der Waals surface area contributed by atoms with Gasteiger partial charge in [-0.2, -0.15) is 0 Å². The van der Waals surface area contributed by atoms with E-state index in [1.54, 1.807) is 0 Å². The summed E-state index contributed by atoms with van der Waals surface area (Å²) in [5, 5.41) is 3.13. The molecule has 0 aromatic heterocycles. The molecular weight excluding hydrogens is 268 g/mol. The summed E-state index contributed by atoms with van der Waals surface area (Å²) in [7, 11) is 0. The van der Waals surface area contributed by atoms with Crippen molar-refractivity contribution in [2.24, 2.45) is 11.7 Å². The van der Waals surface area contributed by atoms with E-state index in [0.29, 0.717) is 18.6 Å². The summed E-state index contributed by atoms with van der Waals surface area (Å²) >= 11 is 0. The number of nitrogens with two attached hydrogens (primary N) is 1. The number of Topliss-reactive ketones (excluding diaryl/α,β-unsaturated/α-hetero) is 1. The van der Waals surface area contributed by atoms with E-state index in [1.807, 2.05) is 32.0 Å².